The Morgan fingerprint density at radius 1 is 1.26 bits per heavy atom. The Labute approximate surface area is 216 Å². The van der Waals surface area contributed by atoms with Crippen molar-refractivity contribution in [1.82, 2.24) is 14.9 Å². The van der Waals surface area contributed by atoms with E-state index in [1.54, 1.807) is 12.3 Å². The van der Waals surface area contributed by atoms with Crippen molar-refractivity contribution in [1.29, 1.82) is 0 Å². The van der Waals surface area contributed by atoms with E-state index in [0.717, 1.165) is 11.4 Å². The second-order valence-electron chi connectivity index (χ2n) is 8.93. The number of thiocarbonyl (C=S) groups is 1. The highest BCUT2D eigenvalue weighted by Gasteiger charge is 2.42. The van der Waals surface area contributed by atoms with Crippen molar-refractivity contribution in [3.63, 3.8) is 0 Å². The number of methoxy groups -OCH3 is 1. The monoisotopic (exact) mass is 511 g/mol. The second-order valence-corrected chi connectivity index (χ2v) is 9.73. The van der Waals surface area contributed by atoms with E-state index in [0.29, 0.717) is 21.9 Å². The fourth-order valence-electron chi connectivity index (χ4n) is 4.92. The van der Waals surface area contributed by atoms with Crippen LogP contribution < -0.4 is 15.5 Å². The quantitative estimate of drug-likeness (QED) is 0.408. The first-order valence-electron chi connectivity index (χ1n) is 11.5. The van der Waals surface area contributed by atoms with Gasteiger partial charge in [-0.1, -0.05) is 17.7 Å². The summed E-state index contributed by atoms with van der Waals surface area (Å²) >= 11 is 12.4. The van der Waals surface area contributed by atoms with Crippen LogP contribution in [-0.2, 0) is 9.53 Å². The Morgan fingerprint density at radius 2 is 2.03 bits per heavy atom. The van der Waals surface area contributed by atoms with Gasteiger partial charge in [0.2, 0.25) is 5.91 Å². The van der Waals surface area contributed by atoms with Gasteiger partial charge in [-0.3, -0.25) is 9.78 Å². The summed E-state index contributed by atoms with van der Waals surface area (Å²) < 4.78 is 7.23. The van der Waals surface area contributed by atoms with Crippen molar-refractivity contribution in [2.45, 2.75) is 45.8 Å². The molecule has 0 bridgehead atoms. The highest BCUT2D eigenvalue weighted by Crippen LogP contribution is 2.44. The predicted molar refractivity (Wildman–Crippen MR) is 144 cm³/mol. The van der Waals surface area contributed by atoms with Crippen molar-refractivity contribution in [2.75, 3.05) is 23.9 Å². The lowest BCUT2D eigenvalue weighted by Gasteiger charge is -2.29. The number of carbonyl (C=O) groups is 1. The normalized spacial score (nSPS) is 17.7. The molecule has 184 valence electrons. The first kappa shape index (κ1) is 25.2. The second kappa shape index (κ2) is 10.4. The fraction of sp³-hybridized carbons (Fsp3) is 0.346. The molecule has 0 aliphatic carbocycles. The zero-order chi connectivity index (χ0) is 25.3. The van der Waals surface area contributed by atoms with E-state index in [4.69, 9.17) is 28.6 Å². The lowest BCUT2D eigenvalue weighted by Crippen LogP contribution is -2.29. The molecule has 2 unspecified atom stereocenters. The van der Waals surface area contributed by atoms with Gasteiger partial charge in [0, 0.05) is 36.4 Å². The van der Waals surface area contributed by atoms with Gasteiger partial charge in [0.05, 0.1) is 28.5 Å². The Kier molecular flexibility index (Phi) is 7.44. The molecule has 1 aliphatic rings. The summed E-state index contributed by atoms with van der Waals surface area (Å²) in [5.74, 6) is -0.269. The zero-order valence-corrected chi connectivity index (χ0v) is 22.1. The number of benzene rings is 1. The molecule has 1 saturated heterocycles. The van der Waals surface area contributed by atoms with E-state index >= 15 is 0 Å². The van der Waals surface area contributed by atoms with Gasteiger partial charge in [0.15, 0.2) is 5.11 Å². The van der Waals surface area contributed by atoms with Gasteiger partial charge in [-0.2, -0.15) is 0 Å². The Hall–Kier alpha value is -2.94. The Morgan fingerprint density at radius 3 is 2.63 bits per heavy atom. The van der Waals surface area contributed by atoms with E-state index < -0.39 is 0 Å². The highest BCUT2D eigenvalue weighted by atomic mass is 35.5. The number of hydrogen-bond donors (Lipinski definition) is 2. The molecule has 2 atom stereocenters. The van der Waals surface area contributed by atoms with Gasteiger partial charge >= 0.3 is 0 Å². The molecule has 1 aromatic carbocycles. The molecule has 2 aromatic heterocycles. The lowest BCUT2D eigenvalue weighted by atomic mass is 9.96. The third kappa shape index (κ3) is 4.91. The first-order valence-corrected chi connectivity index (χ1v) is 12.3. The maximum Gasteiger partial charge on any atom is 0.250 e. The van der Waals surface area contributed by atoms with Crippen molar-refractivity contribution in [3.8, 4) is 0 Å². The largest absolute Gasteiger partial charge is 0.375 e. The minimum absolute atomic E-state index is 0.0441. The molecule has 1 amide bonds. The number of amides is 1. The summed E-state index contributed by atoms with van der Waals surface area (Å²) in [5, 5.41) is 7.27. The Balaban J connectivity index is 1.80. The van der Waals surface area contributed by atoms with Crippen LogP contribution in [-0.4, -0.2) is 34.3 Å². The highest BCUT2D eigenvalue weighted by molar-refractivity contribution is 7.80. The third-order valence-corrected chi connectivity index (χ3v) is 6.86. The summed E-state index contributed by atoms with van der Waals surface area (Å²) in [6.07, 6.45) is 1.80. The van der Waals surface area contributed by atoms with Crippen molar-refractivity contribution >= 4 is 46.2 Å². The molecule has 35 heavy (non-hydrogen) atoms. The molecule has 0 radical (unpaired) electrons. The van der Waals surface area contributed by atoms with Gasteiger partial charge in [0.25, 0.3) is 0 Å². The molecule has 0 saturated carbocycles. The van der Waals surface area contributed by atoms with Crippen LogP contribution in [0.4, 0.5) is 11.4 Å². The number of ether oxygens (including phenoxy) is 1. The lowest BCUT2D eigenvalue weighted by molar-refractivity contribution is -0.119. The molecule has 1 aliphatic heterocycles. The summed E-state index contributed by atoms with van der Waals surface area (Å²) in [6.45, 7) is 8.61. The number of nitrogens with one attached hydrogen (secondary N) is 2. The maximum atomic E-state index is 12.0. The van der Waals surface area contributed by atoms with E-state index in [-0.39, 0.29) is 24.6 Å². The molecule has 0 spiro atoms. The smallest absolute Gasteiger partial charge is 0.250 e. The van der Waals surface area contributed by atoms with E-state index in [1.807, 2.05) is 30.3 Å². The molecule has 9 heteroatoms. The van der Waals surface area contributed by atoms with Crippen LogP contribution in [0.15, 0.2) is 48.7 Å². The van der Waals surface area contributed by atoms with Gasteiger partial charge in [-0.15, -0.1) is 0 Å². The SMILES string of the molecule is COCC(=O)Nc1ccc(N2C(=S)NC(c3ccccn3)C2c2cc(C)n(C(C)C)c2C)cc1Cl. The number of rotatable bonds is 7. The standard InChI is InChI=1S/C26H30ClN5O2S/c1-15(2)31-16(3)12-19(17(31)4)25-24(22-8-6-7-11-28-22)30-26(35)32(25)18-9-10-21(20(27)13-18)29-23(33)14-34-5/h6-13,15,24-25H,14H2,1-5H3,(H,29,33)(H,30,35). The number of carbonyl (C=O) groups excluding carboxylic acids is 1. The fourth-order valence-corrected chi connectivity index (χ4v) is 5.49. The molecule has 1 fully saturated rings. The van der Waals surface area contributed by atoms with Crippen molar-refractivity contribution in [2.24, 2.45) is 0 Å². The average molecular weight is 512 g/mol. The number of aryl methyl sites for hydroxylation is 1. The van der Waals surface area contributed by atoms with Gasteiger partial charge in [-0.05, 0) is 81.9 Å². The third-order valence-electron chi connectivity index (χ3n) is 6.24. The van der Waals surface area contributed by atoms with Crippen molar-refractivity contribution in [3.05, 3.63) is 76.3 Å². The van der Waals surface area contributed by atoms with Crippen LogP contribution in [0.25, 0.3) is 0 Å². The molecule has 4 rings (SSSR count). The molecule has 3 heterocycles. The number of halogens is 1. The van der Waals surface area contributed by atoms with Gasteiger partial charge in [0.1, 0.15) is 6.61 Å². The number of hydrogen-bond acceptors (Lipinski definition) is 4. The minimum atomic E-state index is -0.269. The number of aromatic nitrogens is 2. The van der Waals surface area contributed by atoms with Crippen LogP contribution in [0.2, 0.25) is 5.02 Å². The molecule has 3 aromatic rings. The molecule has 7 nitrogen and oxygen atoms in total. The van der Waals surface area contributed by atoms with Crippen LogP contribution in [0, 0.1) is 13.8 Å². The zero-order valence-electron chi connectivity index (χ0n) is 20.5. The number of nitrogens with zero attached hydrogens (tertiary/aromatic N) is 3. The summed E-state index contributed by atoms with van der Waals surface area (Å²) in [7, 11) is 1.47. The topological polar surface area (TPSA) is 71.4 Å². The van der Waals surface area contributed by atoms with Gasteiger partial charge in [-0.25, -0.2) is 0 Å². The summed E-state index contributed by atoms with van der Waals surface area (Å²) in [5.41, 5.74) is 5.81. The van der Waals surface area contributed by atoms with Crippen molar-refractivity contribution < 1.29 is 9.53 Å². The molecular formula is C26H30ClN5O2S. The summed E-state index contributed by atoms with van der Waals surface area (Å²) in [6, 6.07) is 13.7. The van der Waals surface area contributed by atoms with Crippen LogP contribution in [0.3, 0.4) is 0 Å². The molecular weight excluding hydrogens is 482 g/mol. The van der Waals surface area contributed by atoms with Crippen LogP contribution in [0.1, 0.15) is 54.6 Å². The van der Waals surface area contributed by atoms with E-state index in [9.17, 15) is 4.79 Å². The predicted octanol–water partition coefficient (Wildman–Crippen LogP) is 5.50. The van der Waals surface area contributed by atoms with E-state index in [2.05, 4.69) is 58.8 Å². The first-order chi connectivity index (χ1) is 16.7. The van der Waals surface area contributed by atoms with Crippen LogP contribution in [0.5, 0.6) is 0 Å². The maximum absolute atomic E-state index is 12.0. The number of anilines is 2. The summed E-state index contributed by atoms with van der Waals surface area (Å²) in [4.78, 5) is 18.7. The van der Waals surface area contributed by atoms with E-state index in [1.165, 1.54) is 24.1 Å². The Bertz CT molecular complexity index is 1240. The van der Waals surface area contributed by atoms with Crippen LogP contribution >= 0.6 is 23.8 Å². The minimum Gasteiger partial charge on any atom is -0.375 e. The number of pyridine rings is 1. The molecule has 2 N–H and O–H groups in total. The van der Waals surface area contributed by atoms with Gasteiger partial charge < -0.3 is 24.8 Å². The average Bonchev–Trinajstić information content (AvgIpc) is 3.31.